The van der Waals surface area contributed by atoms with E-state index in [9.17, 15) is 4.79 Å². The molecule has 0 radical (unpaired) electrons. The molecule has 0 unspecified atom stereocenters. The highest BCUT2D eigenvalue weighted by molar-refractivity contribution is 6.08. The average molecular weight is 326 g/mol. The zero-order valence-electron chi connectivity index (χ0n) is 13.9. The number of carbonyl (C=O) groups is 1. The van der Waals surface area contributed by atoms with Crippen molar-refractivity contribution in [1.29, 1.82) is 5.41 Å². The van der Waals surface area contributed by atoms with Crippen LogP contribution in [0.5, 0.6) is 5.75 Å². The van der Waals surface area contributed by atoms with Crippen molar-refractivity contribution in [2.24, 2.45) is 0 Å². The highest BCUT2D eigenvalue weighted by Crippen LogP contribution is 2.23. The van der Waals surface area contributed by atoms with Crippen LogP contribution in [-0.4, -0.2) is 37.3 Å². The van der Waals surface area contributed by atoms with Gasteiger partial charge in [0.05, 0.1) is 5.52 Å². The van der Waals surface area contributed by atoms with E-state index in [0.717, 1.165) is 35.1 Å². The summed E-state index contributed by atoms with van der Waals surface area (Å²) < 4.78 is 5.24. The van der Waals surface area contributed by atoms with E-state index < -0.39 is 0 Å². The lowest BCUT2D eigenvalue weighted by atomic mass is 10.1. The van der Waals surface area contributed by atoms with Gasteiger partial charge in [0.2, 0.25) is 0 Å². The third kappa shape index (κ3) is 4.63. The van der Waals surface area contributed by atoms with Gasteiger partial charge < -0.3 is 20.8 Å². The Morgan fingerprint density at radius 3 is 2.88 bits per heavy atom. The number of hydrogen-bond donors (Lipinski definition) is 3. The van der Waals surface area contributed by atoms with Gasteiger partial charge in [0.15, 0.2) is 0 Å². The van der Waals surface area contributed by atoms with Gasteiger partial charge in [-0.25, -0.2) is 0 Å². The lowest BCUT2D eigenvalue weighted by Crippen LogP contribution is -2.21. The maximum atomic E-state index is 11.4. The Morgan fingerprint density at radius 2 is 2.17 bits per heavy atom. The molecule has 0 aliphatic rings. The van der Waals surface area contributed by atoms with Gasteiger partial charge in [-0.3, -0.25) is 9.78 Å². The Morgan fingerprint density at radius 1 is 1.33 bits per heavy atom. The Kier molecular flexibility index (Phi) is 6.45. The minimum Gasteiger partial charge on any atom is -0.427 e. The molecular formula is C18H22N4O2. The third-order valence-corrected chi connectivity index (χ3v) is 3.44. The standard InChI is InChI=1S/C18H22N4O2/c1-3-18(23)24-16-4-5-17-13(9-16)8-14(12-22-17)15(10-19)11-21-7-6-20-2/h4-5,8-12,19-21H,3,6-7H2,1-2H3/b15-11+,19-10?. The molecule has 126 valence electrons. The zero-order chi connectivity index (χ0) is 17.4. The SMILES string of the molecule is CCC(=O)Oc1ccc2ncc(/C(C=N)=C/NCCNC)cc2c1. The van der Waals surface area contributed by atoms with Crippen LogP contribution >= 0.6 is 0 Å². The number of benzene rings is 1. The summed E-state index contributed by atoms with van der Waals surface area (Å²) in [6.45, 7) is 3.36. The molecule has 0 spiro atoms. The number of hydrogen-bond acceptors (Lipinski definition) is 6. The van der Waals surface area contributed by atoms with Crippen molar-refractivity contribution in [3.63, 3.8) is 0 Å². The number of fused-ring (bicyclic) bond motifs is 1. The number of allylic oxidation sites excluding steroid dienone is 1. The molecule has 3 N–H and O–H groups in total. The molecular weight excluding hydrogens is 304 g/mol. The van der Waals surface area contributed by atoms with Crippen molar-refractivity contribution in [3.05, 3.63) is 42.2 Å². The van der Waals surface area contributed by atoms with Crippen molar-refractivity contribution in [2.45, 2.75) is 13.3 Å². The van der Waals surface area contributed by atoms with Gasteiger partial charge in [-0.2, -0.15) is 0 Å². The fourth-order valence-electron chi connectivity index (χ4n) is 2.12. The van der Waals surface area contributed by atoms with Gasteiger partial charge in [0, 0.05) is 54.6 Å². The number of nitrogens with one attached hydrogen (secondary N) is 3. The maximum Gasteiger partial charge on any atom is 0.310 e. The quantitative estimate of drug-likeness (QED) is 0.300. The van der Waals surface area contributed by atoms with Crippen LogP contribution in [0.2, 0.25) is 0 Å². The summed E-state index contributed by atoms with van der Waals surface area (Å²) in [5.41, 5.74) is 2.37. The molecule has 1 aromatic carbocycles. The first-order chi connectivity index (χ1) is 11.7. The Labute approximate surface area is 141 Å². The number of esters is 1. The zero-order valence-corrected chi connectivity index (χ0v) is 13.9. The lowest BCUT2D eigenvalue weighted by Gasteiger charge is -2.07. The Hall–Kier alpha value is -2.73. The number of carbonyl (C=O) groups excluding carboxylic acids is 1. The van der Waals surface area contributed by atoms with E-state index in [0.29, 0.717) is 12.2 Å². The van der Waals surface area contributed by atoms with Crippen LogP contribution < -0.4 is 15.4 Å². The maximum absolute atomic E-state index is 11.4. The number of rotatable bonds is 8. The van der Waals surface area contributed by atoms with Crippen LogP contribution in [0, 0.1) is 5.41 Å². The normalized spacial score (nSPS) is 11.3. The lowest BCUT2D eigenvalue weighted by molar-refractivity contribution is -0.134. The van der Waals surface area contributed by atoms with Crippen molar-refractivity contribution < 1.29 is 9.53 Å². The highest BCUT2D eigenvalue weighted by atomic mass is 16.5. The topological polar surface area (TPSA) is 87.1 Å². The third-order valence-electron chi connectivity index (χ3n) is 3.44. The molecule has 6 nitrogen and oxygen atoms in total. The van der Waals surface area contributed by atoms with Gasteiger partial charge in [-0.1, -0.05) is 6.92 Å². The first-order valence-electron chi connectivity index (χ1n) is 7.87. The fourth-order valence-corrected chi connectivity index (χ4v) is 2.12. The predicted molar refractivity (Wildman–Crippen MR) is 96.4 cm³/mol. The first-order valence-corrected chi connectivity index (χ1v) is 7.87. The molecule has 0 aliphatic heterocycles. The second kappa shape index (κ2) is 8.79. The van der Waals surface area contributed by atoms with E-state index in [-0.39, 0.29) is 5.97 Å². The minimum atomic E-state index is -0.271. The molecule has 0 amide bonds. The number of nitrogens with zero attached hydrogens (tertiary/aromatic N) is 1. The molecule has 0 bridgehead atoms. The van der Waals surface area contributed by atoms with E-state index in [2.05, 4.69) is 15.6 Å². The molecule has 0 saturated heterocycles. The van der Waals surface area contributed by atoms with Crippen LogP contribution in [0.15, 0.2) is 36.7 Å². The molecule has 0 aliphatic carbocycles. The van der Waals surface area contributed by atoms with E-state index in [1.54, 1.807) is 31.5 Å². The van der Waals surface area contributed by atoms with Gasteiger partial charge in [-0.05, 0) is 31.3 Å². The Bertz CT molecular complexity index is 756. The fraction of sp³-hybridized carbons (Fsp3) is 0.278. The minimum absolute atomic E-state index is 0.271. The molecule has 0 atom stereocenters. The largest absolute Gasteiger partial charge is 0.427 e. The monoisotopic (exact) mass is 326 g/mol. The Balaban J connectivity index is 2.27. The van der Waals surface area contributed by atoms with Crippen LogP contribution in [0.1, 0.15) is 18.9 Å². The molecule has 1 aromatic heterocycles. The van der Waals surface area contributed by atoms with E-state index in [4.69, 9.17) is 10.1 Å². The summed E-state index contributed by atoms with van der Waals surface area (Å²) in [5.74, 6) is 0.230. The van der Waals surface area contributed by atoms with Crippen LogP contribution in [0.3, 0.4) is 0 Å². The average Bonchev–Trinajstić information content (AvgIpc) is 2.61. The first kappa shape index (κ1) is 17.6. The molecule has 0 saturated carbocycles. The summed E-state index contributed by atoms with van der Waals surface area (Å²) in [7, 11) is 1.89. The van der Waals surface area contributed by atoms with Crippen molar-refractivity contribution in [2.75, 3.05) is 20.1 Å². The number of aromatic nitrogens is 1. The van der Waals surface area contributed by atoms with Crippen LogP contribution in [0.4, 0.5) is 0 Å². The smallest absolute Gasteiger partial charge is 0.310 e. The van der Waals surface area contributed by atoms with Gasteiger partial charge in [0.1, 0.15) is 5.75 Å². The van der Waals surface area contributed by atoms with E-state index in [1.807, 2.05) is 19.2 Å². The van der Waals surface area contributed by atoms with E-state index in [1.165, 1.54) is 6.21 Å². The molecule has 2 aromatic rings. The summed E-state index contributed by atoms with van der Waals surface area (Å²) in [6.07, 6.45) is 5.15. The number of pyridine rings is 1. The summed E-state index contributed by atoms with van der Waals surface area (Å²) in [4.78, 5) is 15.8. The molecule has 2 rings (SSSR count). The van der Waals surface area contributed by atoms with E-state index >= 15 is 0 Å². The molecule has 6 heteroatoms. The number of ether oxygens (including phenoxy) is 1. The molecule has 24 heavy (non-hydrogen) atoms. The predicted octanol–water partition coefficient (Wildman–Crippen LogP) is 2.35. The summed E-state index contributed by atoms with van der Waals surface area (Å²) in [6, 6.07) is 7.27. The van der Waals surface area contributed by atoms with Crippen molar-refractivity contribution in [1.82, 2.24) is 15.6 Å². The summed E-state index contributed by atoms with van der Waals surface area (Å²) in [5, 5.41) is 14.7. The second-order valence-corrected chi connectivity index (χ2v) is 5.21. The molecule has 0 fully saturated rings. The highest BCUT2D eigenvalue weighted by Gasteiger charge is 2.06. The van der Waals surface area contributed by atoms with Gasteiger partial charge in [0.25, 0.3) is 0 Å². The summed E-state index contributed by atoms with van der Waals surface area (Å²) >= 11 is 0. The second-order valence-electron chi connectivity index (χ2n) is 5.21. The van der Waals surface area contributed by atoms with Gasteiger partial charge in [-0.15, -0.1) is 0 Å². The van der Waals surface area contributed by atoms with Crippen LogP contribution in [0.25, 0.3) is 16.5 Å². The van der Waals surface area contributed by atoms with Crippen molar-refractivity contribution in [3.8, 4) is 5.75 Å². The number of likely N-dealkylation sites (N-methyl/N-ethyl adjacent to an activating group) is 1. The van der Waals surface area contributed by atoms with Crippen molar-refractivity contribution >= 4 is 28.7 Å². The van der Waals surface area contributed by atoms with Crippen LogP contribution in [-0.2, 0) is 4.79 Å². The van der Waals surface area contributed by atoms with Gasteiger partial charge >= 0.3 is 5.97 Å². The molecule has 1 heterocycles.